The molecule has 2 N–H and O–H groups in total. The summed E-state index contributed by atoms with van der Waals surface area (Å²) in [6.45, 7) is -0.0972. The van der Waals surface area contributed by atoms with Gasteiger partial charge in [0.25, 0.3) is 15.3 Å². The molecule has 0 spiro atoms. The van der Waals surface area contributed by atoms with Crippen molar-refractivity contribution in [2.45, 2.75) is 17.9 Å². The van der Waals surface area contributed by atoms with Crippen LogP contribution in [0.25, 0.3) is 27.9 Å². The first-order valence-electron chi connectivity index (χ1n) is 10.7. The lowest BCUT2D eigenvalue weighted by atomic mass is 10.1. The van der Waals surface area contributed by atoms with E-state index in [4.69, 9.17) is 32.2 Å². The highest BCUT2D eigenvalue weighted by atomic mass is 35.5. The van der Waals surface area contributed by atoms with Crippen molar-refractivity contribution < 1.29 is 31.9 Å². The Morgan fingerprint density at radius 1 is 1.22 bits per heavy atom. The van der Waals surface area contributed by atoms with Crippen LogP contribution in [0.3, 0.4) is 0 Å². The van der Waals surface area contributed by atoms with E-state index in [0.29, 0.717) is 32.0 Å². The number of aromatic nitrogens is 3. The molecular formula is C22H17Cl2N4O6S3+. The van der Waals surface area contributed by atoms with Crippen LogP contribution in [0.2, 0.25) is 10.3 Å². The maximum atomic E-state index is 11.8. The predicted molar refractivity (Wildman–Crippen MR) is 142 cm³/mol. The van der Waals surface area contributed by atoms with Crippen molar-refractivity contribution in [2.24, 2.45) is 0 Å². The molecule has 0 saturated carbocycles. The van der Waals surface area contributed by atoms with Crippen molar-refractivity contribution in [2.75, 3.05) is 17.2 Å². The van der Waals surface area contributed by atoms with Crippen molar-refractivity contribution in [1.82, 2.24) is 9.97 Å². The summed E-state index contributed by atoms with van der Waals surface area (Å²) in [4.78, 5) is 23.4. The molecule has 5 rings (SSSR count). The summed E-state index contributed by atoms with van der Waals surface area (Å²) >= 11 is 14.8. The molecule has 1 aromatic carbocycles. The number of carboxylic acids is 1. The highest BCUT2D eigenvalue weighted by Gasteiger charge is 2.30. The molecule has 0 radical (unpaired) electrons. The molecule has 0 unspecified atom stereocenters. The second kappa shape index (κ2) is 10.2. The minimum atomic E-state index is -4.16. The number of hydrogen-bond acceptors (Lipinski definition) is 9. The van der Waals surface area contributed by atoms with E-state index in [2.05, 4.69) is 9.97 Å². The van der Waals surface area contributed by atoms with Crippen LogP contribution < -0.4 is 9.47 Å². The van der Waals surface area contributed by atoms with E-state index in [-0.39, 0.29) is 29.8 Å². The van der Waals surface area contributed by atoms with E-state index < -0.39 is 21.8 Å². The van der Waals surface area contributed by atoms with Crippen molar-refractivity contribution in [3.63, 3.8) is 0 Å². The topological polar surface area (TPSA) is 138 Å². The lowest BCUT2D eigenvalue weighted by molar-refractivity contribution is -0.670. The van der Waals surface area contributed by atoms with Gasteiger partial charge in [0, 0.05) is 23.0 Å². The quantitative estimate of drug-likeness (QED) is 0.214. The Kier molecular flexibility index (Phi) is 7.18. The van der Waals surface area contributed by atoms with E-state index in [1.165, 1.54) is 23.1 Å². The first-order valence-corrected chi connectivity index (χ1v) is 14.7. The monoisotopic (exact) mass is 599 g/mol. The average molecular weight is 601 g/mol. The first kappa shape index (κ1) is 25.9. The maximum Gasteiger partial charge on any atom is 0.362 e. The molecule has 0 aliphatic carbocycles. The van der Waals surface area contributed by atoms with Gasteiger partial charge in [-0.15, -0.1) is 0 Å². The summed E-state index contributed by atoms with van der Waals surface area (Å²) in [7, 11) is -4.16. The van der Waals surface area contributed by atoms with Gasteiger partial charge < -0.3 is 14.4 Å². The first-order chi connectivity index (χ1) is 17.6. The Morgan fingerprint density at radius 3 is 2.70 bits per heavy atom. The SMILES string of the molecule is O=C(O)CN1/C(=C\c2sc3nc(Cl)c(Cl)nc3[n+]2CCCS(=O)(=O)O)Sc2ccc(-c3ccco3)cc21. The Labute approximate surface area is 228 Å². The van der Waals surface area contributed by atoms with Crippen molar-refractivity contribution >= 4 is 84.6 Å². The minimum Gasteiger partial charge on any atom is -0.480 e. The van der Waals surface area contributed by atoms with Crippen LogP contribution in [0.4, 0.5) is 5.69 Å². The number of benzene rings is 1. The number of furan rings is 1. The van der Waals surface area contributed by atoms with Gasteiger partial charge in [-0.3, -0.25) is 9.35 Å². The van der Waals surface area contributed by atoms with Crippen molar-refractivity contribution in [1.29, 1.82) is 0 Å². The Bertz CT molecular complexity index is 1650. The summed E-state index contributed by atoms with van der Waals surface area (Å²) in [5.74, 6) is -0.794. The van der Waals surface area contributed by atoms with Crippen LogP contribution in [0, 0.1) is 0 Å². The van der Waals surface area contributed by atoms with E-state index in [1.807, 2.05) is 24.3 Å². The molecule has 4 heterocycles. The third kappa shape index (κ3) is 5.61. The van der Waals surface area contributed by atoms with E-state index >= 15 is 0 Å². The number of aryl methyl sites for hydroxylation is 1. The molecule has 15 heteroatoms. The maximum absolute atomic E-state index is 11.8. The summed E-state index contributed by atoms with van der Waals surface area (Å²) in [5.41, 5.74) is 1.92. The van der Waals surface area contributed by atoms with Crippen LogP contribution >= 0.6 is 46.3 Å². The van der Waals surface area contributed by atoms with Gasteiger partial charge in [-0.1, -0.05) is 34.7 Å². The van der Waals surface area contributed by atoms with Crippen molar-refractivity contribution in [3.8, 4) is 11.3 Å². The lowest BCUT2D eigenvalue weighted by Crippen LogP contribution is -2.37. The van der Waals surface area contributed by atoms with Gasteiger partial charge in [0.05, 0.1) is 29.3 Å². The molecule has 1 aliphatic heterocycles. The highest BCUT2D eigenvalue weighted by Crippen LogP contribution is 2.48. The zero-order valence-corrected chi connectivity index (χ0v) is 22.6. The number of carbonyl (C=O) groups is 1. The standard InChI is InChI=1S/C22H16Cl2N4O6S3/c23-19-20(24)26-22-21(25-19)27(6-2-8-37(31,32)33)16(36-22)10-17-28(11-18(29)30)13-9-12(4-5-15(13)35-17)14-3-1-7-34-14/h1,3-5,7,9-10H,2,6,8,11H2,(H-,29,30,31,32,33)/p+1. The molecule has 4 aromatic rings. The van der Waals surface area contributed by atoms with Gasteiger partial charge >= 0.3 is 11.6 Å². The number of rotatable bonds is 8. The molecule has 0 amide bonds. The third-order valence-electron chi connectivity index (χ3n) is 5.35. The fourth-order valence-electron chi connectivity index (χ4n) is 3.81. The van der Waals surface area contributed by atoms with Gasteiger partial charge in [-0.25, -0.2) is 9.55 Å². The number of thiazole rings is 1. The fourth-order valence-corrected chi connectivity index (χ4v) is 6.80. The van der Waals surface area contributed by atoms with E-state index in [1.54, 1.807) is 27.9 Å². The highest BCUT2D eigenvalue weighted by molar-refractivity contribution is 8.04. The average Bonchev–Trinajstić information content (AvgIpc) is 3.53. The lowest BCUT2D eigenvalue weighted by Gasteiger charge is -2.18. The molecule has 0 fully saturated rings. The minimum absolute atomic E-state index is 0.00435. The van der Waals surface area contributed by atoms with E-state index in [9.17, 15) is 18.3 Å². The zero-order valence-electron chi connectivity index (χ0n) is 18.7. The molecule has 37 heavy (non-hydrogen) atoms. The Balaban J connectivity index is 1.58. The summed E-state index contributed by atoms with van der Waals surface area (Å²) < 4.78 is 38.9. The molecule has 0 saturated heterocycles. The normalized spacial score (nSPS) is 14.6. The number of nitrogens with zero attached hydrogens (tertiary/aromatic N) is 4. The molecular weight excluding hydrogens is 583 g/mol. The molecule has 0 atom stereocenters. The smallest absolute Gasteiger partial charge is 0.362 e. The van der Waals surface area contributed by atoms with E-state index in [0.717, 1.165) is 10.5 Å². The number of carboxylic acid groups (broad SMARTS) is 1. The summed E-state index contributed by atoms with van der Waals surface area (Å²) in [6.07, 6.45) is 3.47. The van der Waals surface area contributed by atoms with Crippen LogP contribution in [0.1, 0.15) is 11.4 Å². The Morgan fingerprint density at radius 2 is 2.00 bits per heavy atom. The van der Waals surface area contributed by atoms with Gasteiger partial charge in [-0.05, 0) is 46.9 Å². The third-order valence-corrected chi connectivity index (χ3v) is 8.90. The van der Waals surface area contributed by atoms with Gasteiger partial charge in [0.1, 0.15) is 12.3 Å². The summed E-state index contributed by atoms with van der Waals surface area (Å²) in [6, 6.07) is 9.28. The predicted octanol–water partition coefficient (Wildman–Crippen LogP) is 4.82. The van der Waals surface area contributed by atoms with Gasteiger partial charge in [0.2, 0.25) is 4.83 Å². The molecule has 192 valence electrons. The number of thioether (sulfide) groups is 1. The zero-order chi connectivity index (χ0) is 26.3. The summed E-state index contributed by atoms with van der Waals surface area (Å²) in [5, 5.41) is 10.9. The number of anilines is 1. The van der Waals surface area contributed by atoms with Crippen molar-refractivity contribution in [3.05, 3.63) is 56.9 Å². The fraction of sp³-hybridized carbons (Fsp3) is 0.182. The van der Waals surface area contributed by atoms with Crippen LogP contribution in [0.15, 0.2) is 50.9 Å². The molecule has 3 aromatic heterocycles. The molecule has 1 aliphatic rings. The van der Waals surface area contributed by atoms with Gasteiger partial charge in [-0.2, -0.15) is 8.42 Å². The molecule has 10 nitrogen and oxygen atoms in total. The Hall–Kier alpha value is -2.68. The largest absolute Gasteiger partial charge is 0.480 e. The number of hydrogen-bond donors (Lipinski definition) is 2. The second-order valence-electron chi connectivity index (χ2n) is 7.89. The number of halogens is 2. The van der Waals surface area contributed by atoms with Crippen LogP contribution in [-0.2, 0) is 21.5 Å². The van der Waals surface area contributed by atoms with Crippen LogP contribution in [0.5, 0.6) is 0 Å². The number of aliphatic carboxylic acids is 1. The number of fused-ring (bicyclic) bond motifs is 2. The van der Waals surface area contributed by atoms with Gasteiger partial charge in [0.15, 0.2) is 10.2 Å². The molecule has 0 bridgehead atoms. The van der Waals surface area contributed by atoms with Crippen LogP contribution in [-0.4, -0.2) is 46.3 Å². The second-order valence-corrected chi connectivity index (χ2v) is 12.2.